The van der Waals surface area contributed by atoms with Gasteiger partial charge in [-0.05, 0) is 48.0 Å². The molecule has 1 aliphatic rings. The molecule has 2 heterocycles. The number of nitrogens with one attached hydrogen (secondary N) is 1. The number of hydrogen-bond acceptors (Lipinski definition) is 5. The third-order valence-electron chi connectivity index (χ3n) is 4.62. The van der Waals surface area contributed by atoms with Crippen LogP contribution in [0.1, 0.15) is 5.56 Å². The van der Waals surface area contributed by atoms with Gasteiger partial charge in [0, 0.05) is 24.0 Å². The Morgan fingerprint density at radius 1 is 1.13 bits per heavy atom. The first-order valence-electron chi connectivity index (χ1n) is 9.16. The number of nitrogens with zero attached hydrogens (tertiary/aromatic N) is 2. The summed E-state index contributed by atoms with van der Waals surface area (Å²) in [5.74, 6) is -0.0903. The Balaban J connectivity index is 1.60. The molecule has 0 aliphatic carbocycles. The van der Waals surface area contributed by atoms with Gasteiger partial charge in [-0.2, -0.15) is 0 Å². The fourth-order valence-corrected chi connectivity index (χ4v) is 4.71. The molecule has 1 aromatic heterocycles. The number of para-hydroxylation sites is 2. The van der Waals surface area contributed by atoms with Gasteiger partial charge < -0.3 is 10.1 Å². The third-order valence-corrected chi connectivity index (χ3v) is 6.66. The molecule has 0 radical (unpaired) electrons. The molecule has 0 unspecified atom stereocenters. The summed E-state index contributed by atoms with van der Waals surface area (Å²) in [4.78, 5) is 16.8. The monoisotopic (exact) mass is 443 g/mol. The van der Waals surface area contributed by atoms with Crippen molar-refractivity contribution in [2.24, 2.45) is 0 Å². The van der Waals surface area contributed by atoms with Gasteiger partial charge in [-0.1, -0.05) is 29.8 Å². The molecule has 0 bridgehead atoms. The molecule has 9 heteroatoms. The SMILES string of the molecule is O=C(NCc1cccnc1)[C@@H]1CN(S(=O)(=O)c2ccc(Cl)cc2)c2ccccc2O1. The van der Waals surface area contributed by atoms with Crippen LogP contribution in [0.2, 0.25) is 5.02 Å². The van der Waals surface area contributed by atoms with Crippen molar-refractivity contribution in [3.05, 3.63) is 83.6 Å². The van der Waals surface area contributed by atoms with Crippen molar-refractivity contribution in [2.75, 3.05) is 10.8 Å². The number of hydrogen-bond donors (Lipinski definition) is 1. The Hall–Kier alpha value is -3.10. The first-order chi connectivity index (χ1) is 14.4. The first-order valence-corrected chi connectivity index (χ1v) is 11.0. The van der Waals surface area contributed by atoms with Gasteiger partial charge in [-0.15, -0.1) is 0 Å². The molecule has 0 fully saturated rings. The minimum absolute atomic E-state index is 0.0816. The van der Waals surface area contributed by atoms with Gasteiger partial charge in [0.1, 0.15) is 5.75 Å². The maximum absolute atomic E-state index is 13.3. The van der Waals surface area contributed by atoms with Crippen molar-refractivity contribution in [2.45, 2.75) is 17.5 Å². The number of fused-ring (bicyclic) bond motifs is 1. The Kier molecular flexibility index (Phi) is 5.61. The Morgan fingerprint density at radius 3 is 2.63 bits per heavy atom. The number of aromatic nitrogens is 1. The number of sulfonamides is 1. The standard InChI is InChI=1S/C21H18ClN3O4S/c22-16-7-9-17(10-8-16)30(27,28)25-14-20(29-19-6-2-1-5-18(19)25)21(26)24-13-15-4-3-11-23-12-15/h1-12,20H,13-14H2,(H,24,26)/t20-/m0/s1. The van der Waals surface area contributed by atoms with Gasteiger partial charge in [0.05, 0.1) is 17.1 Å². The molecule has 30 heavy (non-hydrogen) atoms. The zero-order chi connectivity index (χ0) is 21.1. The highest BCUT2D eigenvalue weighted by atomic mass is 35.5. The van der Waals surface area contributed by atoms with Gasteiger partial charge in [0.25, 0.3) is 15.9 Å². The highest BCUT2D eigenvalue weighted by molar-refractivity contribution is 7.92. The summed E-state index contributed by atoms with van der Waals surface area (Å²) in [6.07, 6.45) is 2.29. The highest BCUT2D eigenvalue weighted by Gasteiger charge is 2.37. The van der Waals surface area contributed by atoms with Crippen molar-refractivity contribution in [3.8, 4) is 5.75 Å². The maximum atomic E-state index is 13.3. The minimum Gasteiger partial charge on any atom is -0.476 e. The van der Waals surface area contributed by atoms with E-state index in [1.807, 2.05) is 6.07 Å². The molecular formula is C21H18ClN3O4S. The number of amides is 1. The van der Waals surface area contributed by atoms with E-state index in [1.54, 1.807) is 42.7 Å². The quantitative estimate of drug-likeness (QED) is 0.654. The molecule has 0 saturated carbocycles. The lowest BCUT2D eigenvalue weighted by Gasteiger charge is -2.34. The molecule has 0 spiro atoms. The topological polar surface area (TPSA) is 88.6 Å². The summed E-state index contributed by atoms with van der Waals surface area (Å²) in [7, 11) is -3.92. The molecule has 4 rings (SSSR count). The van der Waals surface area contributed by atoms with Crippen molar-refractivity contribution in [1.29, 1.82) is 0 Å². The summed E-state index contributed by atoms with van der Waals surface area (Å²) >= 11 is 5.89. The number of carbonyl (C=O) groups is 1. The number of ether oxygens (including phenoxy) is 1. The second kappa shape index (κ2) is 8.33. The third kappa shape index (κ3) is 4.10. The summed E-state index contributed by atoms with van der Waals surface area (Å²) < 4.78 is 33.6. The number of anilines is 1. The van der Waals surface area contributed by atoms with E-state index in [-0.39, 0.29) is 18.0 Å². The smallest absolute Gasteiger partial charge is 0.264 e. The average molecular weight is 444 g/mol. The Morgan fingerprint density at radius 2 is 1.90 bits per heavy atom. The van der Waals surface area contributed by atoms with E-state index in [4.69, 9.17) is 16.3 Å². The van der Waals surface area contributed by atoms with Crippen molar-refractivity contribution in [3.63, 3.8) is 0 Å². The highest BCUT2D eigenvalue weighted by Crippen LogP contribution is 2.36. The second-order valence-electron chi connectivity index (χ2n) is 6.64. The van der Waals surface area contributed by atoms with Crippen LogP contribution in [0.25, 0.3) is 0 Å². The van der Waals surface area contributed by atoms with Crippen LogP contribution in [0, 0.1) is 0 Å². The van der Waals surface area contributed by atoms with E-state index < -0.39 is 22.0 Å². The summed E-state index contributed by atoms with van der Waals surface area (Å²) in [6.45, 7) is 0.110. The van der Waals surface area contributed by atoms with E-state index >= 15 is 0 Å². The maximum Gasteiger partial charge on any atom is 0.264 e. The van der Waals surface area contributed by atoms with E-state index in [0.29, 0.717) is 16.5 Å². The normalized spacial score (nSPS) is 15.8. The van der Waals surface area contributed by atoms with E-state index in [1.165, 1.54) is 28.6 Å². The summed E-state index contributed by atoms with van der Waals surface area (Å²) in [5.41, 5.74) is 1.21. The fourth-order valence-electron chi connectivity index (χ4n) is 3.11. The van der Waals surface area contributed by atoms with Gasteiger partial charge in [-0.3, -0.25) is 14.1 Å². The predicted octanol–water partition coefficient (Wildman–Crippen LogP) is 3.01. The Bertz CT molecular complexity index is 1150. The van der Waals surface area contributed by atoms with Crippen LogP contribution in [-0.4, -0.2) is 32.0 Å². The number of carbonyl (C=O) groups excluding carboxylic acids is 1. The van der Waals surface area contributed by atoms with Gasteiger partial charge in [-0.25, -0.2) is 8.42 Å². The lowest BCUT2D eigenvalue weighted by atomic mass is 10.2. The predicted molar refractivity (Wildman–Crippen MR) is 113 cm³/mol. The number of rotatable bonds is 5. The molecule has 1 aliphatic heterocycles. The molecular weight excluding hydrogens is 426 g/mol. The van der Waals surface area contributed by atoms with Crippen LogP contribution < -0.4 is 14.4 Å². The van der Waals surface area contributed by atoms with Crippen molar-refractivity contribution < 1.29 is 17.9 Å². The number of pyridine rings is 1. The van der Waals surface area contributed by atoms with Gasteiger partial charge >= 0.3 is 0 Å². The molecule has 0 saturated heterocycles. The molecule has 2 aromatic carbocycles. The lowest BCUT2D eigenvalue weighted by Crippen LogP contribution is -2.50. The largest absolute Gasteiger partial charge is 0.476 e. The van der Waals surface area contributed by atoms with Gasteiger partial charge in [0.2, 0.25) is 0 Å². The molecule has 154 valence electrons. The Labute approximate surface area is 179 Å². The minimum atomic E-state index is -3.92. The van der Waals surface area contributed by atoms with Gasteiger partial charge in [0.15, 0.2) is 6.10 Å². The van der Waals surface area contributed by atoms with Crippen LogP contribution in [-0.2, 0) is 21.4 Å². The fraction of sp³-hybridized carbons (Fsp3) is 0.143. The first kappa shape index (κ1) is 20.2. The molecule has 1 amide bonds. The van der Waals surface area contributed by atoms with E-state index in [0.717, 1.165) is 5.56 Å². The van der Waals surface area contributed by atoms with Crippen LogP contribution in [0.3, 0.4) is 0 Å². The summed E-state index contributed by atoms with van der Waals surface area (Å²) in [6, 6.07) is 16.2. The van der Waals surface area contributed by atoms with Crippen LogP contribution in [0.15, 0.2) is 78.0 Å². The number of halogens is 1. The van der Waals surface area contributed by atoms with Crippen molar-refractivity contribution >= 4 is 33.2 Å². The average Bonchev–Trinajstić information content (AvgIpc) is 2.77. The molecule has 1 atom stereocenters. The van der Waals surface area contributed by atoms with Crippen molar-refractivity contribution in [1.82, 2.24) is 10.3 Å². The molecule has 3 aromatic rings. The van der Waals surface area contributed by atoms with E-state index in [2.05, 4.69) is 10.3 Å². The van der Waals surface area contributed by atoms with E-state index in [9.17, 15) is 13.2 Å². The lowest BCUT2D eigenvalue weighted by molar-refractivity contribution is -0.127. The second-order valence-corrected chi connectivity index (χ2v) is 8.94. The van der Waals surface area contributed by atoms with Crippen LogP contribution >= 0.6 is 11.6 Å². The van der Waals surface area contributed by atoms with Crippen LogP contribution in [0.4, 0.5) is 5.69 Å². The molecule has 1 N–H and O–H groups in total. The zero-order valence-electron chi connectivity index (χ0n) is 15.7. The van der Waals surface area contributed by atoms with Crippen LogP contribution in [0.5, 0.6) is 5.75 Å². The summed E-state index contributed by atoms with van der Waals surface area (Å²) in [5, 5.41) is 3.21. The molecule has 7 nitrogen and oxygen atoms in total. The zero-order valence-corrected chi connectivity index (χ0v) is 17.3. The number of benzene rings is 2.